The Morgan fingerprint density at radius 3 is 2.95 bits per heavy atom. The first kappa shape index (κ1) is 12.0. The molecule has 5 nitrogen and oxygen atoms in total. The van der Waals surface area contributed by atoms with E-state index in [1.807, 2.05) is 6.07 Å². The fourth-order valence-electron chi connectivity index (χ4n) is 3.03. The number of aromatic amines is 1. The Morgan fingerprint density at radius 1 is 1.10 bits per heavy atom. The van der Waals surface area contributed by atoms with E-state index in [-0.39, 0.29) is 6.10 Å². The number of nitrogens with one attached hydrogen (secondary N) is 1. The second-order valence-corrected chi connectivity index (χ2v) is 5.56. The maximum atomic E-state index is 5.62. The average Bonchev–Trinajstić information content (AvgIpc) is 3.17. The lowest BCUT2D eigenvalue weighted by Gasteiger charge is -2.14. The predicted molar refractivity (Wildman–Crippen MR) is 74.2 cm³/mol. The van der Waals surface area contributed by atoms with Crippen molar-refractivity contribution in [2.24, 2.45) is 0 Å². The minimum atomic E-state index is 0.0777. The molecule has 2 aromatic rings. The fraction of sp³-hybridized carbons (Fsp3) is 0.533. The summed E-state index contributed by atoms with van der Waals surface area (Å²) >= 11 is 0. The molecule has 0 saturated carbocycles. The molecule has 1 fully saturated rings. The zero-order valence-corrected chi connectivity index (χ0v) is 11.4. The maximum absolute atomic E-state index is 5.62. The molecule has 1 aliphatic carbocycles. The third kappa shape index (κ3) is 2.12. The molecular formula is C15H18N4O. The molecule has 3 heterocycles. The average molecular weight is 270 g/mol. The first-order valence-electron chi connectivity index (χ1n) is 7.43. The van der Waals surface area contributed by atoms with E-state index in [0.29, 0.717) is 5.82 Å². The number of H-pyrrole nitrogens is 1. The molecular weight excluding hydrogens is 252 g/mol. The lowest BCUT2D eigenvalue weighted by Crippen LogP contribution is -2.06. The first-order chi connectivity index (χ1) is 9.90. The maximum Gasteiger partial charge on any atom is 0.199 e. The van der Waals surface area contributed by atoms with Gasteiger partial charge < -0.3 is 4.74 Å². The number of aryl methyl sites for hydroxylation is 2. The van der Waals surface area contributed by atoms with Crippen molar-refractivity contribution in [3.63, 3.8) is 0 Å². The smallest absolute Gasteiger partial charge is 0.199 e. The Labute approximate surface area is 117 Å². The van der Waals surface area contributed by atoms with Crippen LogP contribution in [-0.2, 0) is 17.6 Å². The van der Waals surface area contributed by atoms with Gasteiger partial charge in [-0.05, 0) is 50.2 Å². The third-order valence-electron chi connectivity index (χ3n) is 4.14. The van der Waals surface area contributed by atoms with Gasteiger partial charge in [0.25, 0.3) is 0 Å². The van der Waals surface area contributed by atoms with Crippen LogP contribution < -0.4 is 0 Å². The van der Waals surface area contributed by atoms with Gasteiger partial charge in [0.1, 0.15) is 11.8 Å². The van der Waals surface area contributed by atoms with Gasteiger partial charge in [-0.25, -0.2) is 9.97 Å². The fourth-order valence-corrected chi connectivity index (χ4v) is 3.03. The molecule has 20 heavy (non-hydrogen) atoms. The number of hydrogen-bond donors (Lipinski definition) is 1. The molecule has 2 aliphatic rings. The van der Waals surface area contributed by atoms with Crippen LogP contribution in [0, 0.1) is 0 Å². The number of aromatic nitrogens is 4. The van der Waals surface area contributed by atoms with Crippen LogP contribution in [0.2, 0.25) is 0 Å². The molecule has 5 heteroatoms. The molecule has 1 N–H and O–H groups in total. The Hall–Kier alpha value is -1.75. The molecule has 0 radical (unpaired) electrons. The standard InChI is InChI=1S/C15H18N4O/c1-2-5-11-10(4-1)7-8-12(16-11)14-17-15(19-18-14)13-6-3-9-20-13/h7-8,13H,1-6,9H2,(H,17,18,19)/t13-/m1/s1. The van der Waals surface area contributed by atoms with Crippen LogP contribution in [-0.4, -0.2) is 26.8 Å². The zero-order chi connectivity index (χ0) is 13.4. The monoisotopic (exact) mass is 270 g/mol. The van der Waals surface area contributed by atoms with Crippen molar-refractivity contribution in [2.75, 3.05) is 6.61 Å². The lowest BCUT2D eigenvalue weighted by atomic mass is 9.96. The number of hydrogen-bond acceptors (Lipinski definition) is 4. The number of pyridine rings is 1. The minimum absolute atomic E-state index is 0.0777. The van der Waals surface area contributed by atoms with Gasteiger partial charge in [0, 0.05) is 12.3 Å². The van der Waals surface area contributed by atoms with Gasteiger partial charge in [0.15, 0.2) is 11.6 Å². The Kier molecular flexibility index (Phi) is 2.99. The highest BCUT2D eigenvalue weighted by Crippen LogP contribution is 2.27. The van der Waals surface area contributed by atoms with E-state index < -0.39 is 0 Å². The second-order valence-electron chi connectivity index (χ2n) is 5.56. The normalized spacial score (nSPS) is 21.9. The second kappa shape index (κ2) is 4.98. The topological polar surface area (TPSA) is 63.7 Å². The Morgan fingerprint density at radius 2 is 2.05 bits per heavy atom. The molecule has 4 rings (SSSR count). The van der Waals surface area contributed by atoms with E-state index in [1.54, 1.807) is 0 Å². The zero-order valence-electron chi connectivity index (χ0n) is 11.4. The van der Waals surface area contributed by atoms with Gasteiger partial charge in [0.2, 0.25) is 0 Å². The van der Waals surface area contributed by atoms with Gasteiger partial charge >= 0.3 is 0 Å². The van der Waals surface area contributed by atoms with E-state index in [2.05, 4.69) is 21.2 Å². The van der Waals surface area contributed by atoms with Gasteiger partial charge in [-0.15, -0.1) is 0 Å². The summed E-state index contributed by atoms with van der Waals surface area (Å²) in [6.45, 7) is 0.817. The highest BCUT2D eigenvalue weighted by Gasteiger charge is 2.22. The molecule has 0 amide bonds. The number of nitrogens with zero attached hydrogens (tertiary/aromatic N) is 3. The number of fused-ring (bicyclic) bond motifs is 1. The van der Waals surface area contributed by atoms with Gasteiger partial charge in [-0.3, -0.25) is 5.10 Å². The third-order valence-corrected chi connectivity index (χ3v) is 4.14. The van der Waals surface area contributed by atoms with E-state index in [9.17, 15) is 0 Å². The summed E-state index contributed by atoms with van der Waals surface area (Å²) in [6, 6.07) is 4.21. The van der Waals surface area contributed by atoms with Gasteiger partial charge in [0.05, 0.1) is 0 Å². The highest BCUT2D eigenvalue weighted by molar-refractivity contribution is 5.50. The predicted octanol–water partition coefficient (Wildman–Crippen LogP) is 2.60. The van der Waals surface area contributed by atoms with Crippen LogP contribution in [0.3, 0.4) is 0 Å². The van der Waals surface area contributed by atoms with E-state index in [1.165, 1.54) is 24.1 Å². The molecule has 0 spiro atoms. The van der Waals surface area contributed by atoms with Crippen LogP contribution in [0.15, 0.2) is 12.1 Å². The van der Waals surface area contributed by atoms with Crippen molar-refractivity contribution in [3.05, 3.63) is 29.2 Å². The van der Waals surface area contributed by atoms with E-state index >= 15 is 0 Å². The Bertz CT molecular complexity index is 616. The summed E-state index contributed by atoms with van der Waals surface area (Å²) in [5.74, 6) is 1.51. The summed E-state index contributed by atoms with van der Waals surface area (Å²) in [7, 11) is 0. The summed E-state index contributed by atoms with van der Waals surface area (Å²) in [5, 5.41) is 7.30. The largest absolute Gasteiger partial charge is 0.370 e. The van der Waals surface area contributed by atoms with Crippen LogP contribution >= 0.6 is 0 Å². The van der Waals surface area contributed by atoms with Gasteiger partial charge in [-0.1, -0.05) is 6.07 Å². The van der Waals surface area contributed by atoms with E-state index in [4.69, 9.17) is 9.72 Å². The first-order valence-corrected chi connectivity index (χ1v) is 7.43. The van der Waals surface area contributed by atoms with Crippen molar-refractivity contribution in [1.29, 1.82) is 0 Å². The summed E-state index contributed by atoms with van der Waals surface area (Å²) in [4.78, 5) is 9.29. The molecule has 1 atom stereocenters. The number of ether oxygens (including phenoxy) is 1. The van der Waals surface area contributed by atoms with E-state index in [0.717, 1.165) is 43.8 Å². The summed E-state index contributed by atoms with van der Waals surface area (Å²) in [6.07, 6.45) is 6.93. The van der Waals surface area contributed by atoms with Crippen LogP contribution in [0.25, 0.3) is 11.5 Å². The molecule has 0 unspecified atom stereocenters. The number of rotatable bonds is 2. The molecule has 1 saturated heterocycles. The molecule has 2 aromatic heterocycles. The van der Waals surface area contributed by atoms with Crippen molar-refractivity contribution in [2.45, 2.75) is 44.6 Å². The van der Waals surface area contributed by atoms with Crippen LogP contribution in [0.1, 0.15) is 48.9 Å². The SMILES string of the molecule is c1cc2c(nc1-c1n[nH]c([C@H]3CCCO3)n1)CCCC2. The van der Waals surface area contributed by atoms with Crippen LogP contribution in [0.5, 0.6) is 0 Å². The van der Waals surface area contributed by atoms with Crippen molar-refractivity contribution in [3.8, 4) is 11.5 Å². The van der Waals surface area contributed by atoms with Crippen LogP contribution in [0.4, 0.5) is 0 Å². The summed E-state index contributed by atoms with van der Waals surface area (Å²) in [5.41, 5.74) is 3.47. The van der Waals surface area contributed by atoms with Gasteiger partial charge in [-0.2, -0.15) is 5.10 Å². The quantitative estimate of drug-likeness (QED) is 0.911. The molecule has 1 aliphatic heterocycles. The van der Waals surface area contributed by atoms with Crippen molar-refractivity contribution < 1.29 is 4.74 Å². The molecule has 0 aromatic carbocycles. The van der Waals surface area contributed by atoms with Crippen molar-refractivity contribution >= 4 is 0 Å². The summed E-state index contributed by atoms with van der Waals surface area (Å²) < 4.78 is 5.62. The minimum Gasteiger partial charge on any atom is -0.370 e. The molecule has 104 valence electrons. The molecule has 0 bridgehead atoms. The lowest BCUT2D eigenvalue weighted by molar-refractivity contribution is 0.105. The van der Waals surface area contributed by atoms with Crippen molar-refractivity contribution in [1.82, 2.24) is 20.2 Å². The highest BCUT2D eigenvalue weighted by atomic mass is 16.5. The Balaban J connectivity index is 1.63.